The summed E-state index contributed by atoms with van der Waals surface area (Å²) in [7, 11) is -2.92. The number of rotatable bonds is 6. The van der Waals surface area contributed by atoms with Crippen LogP contribution in [0.25, 0.3) is 0 Å². The Balaban J connectivity index is 1.71. The van der Waals surface area contributed by atoms with Crippen LogP contribution in [0.1, 0.15) is 18.9 Å². The van der Waals surface area contributed by atoms with E-state index in [-0.39, 0.29) is 17.5 Å². The summed E-state index contributed by atoms with van der Waals surface area (Å²) in [5.74, 6) is 1.73. The molecule has 24 heavy (non-hydrogen) atoms. The van der Waals surface area contributed by atoms with E-state index >= 15 is 0 Å². The monoisotopic (exact) mass is 347 g/mol. The average Bonchev–Trinajstić information content (AvgIpc) is 2.95. The van der Waals surface area contributed by atoms with Gasteiger partial charge in [-0.25, -0.2) is 13.4 Å². The zero-order valence-electron chi connectivity index (χ0n) is 13.6. The maximum atomic E-state index is 11.7. The first-order chi connectivity index (χ1) is 11.6. The van der Waals surface area contributed by atoms with Crippen molar-refractivity contribution in [1.82, 2.24) is 15.0 Å². The highest BCUT2D eigenvalue weighted by Gasteiger charge is 2.32. The van der Waals surface area contributed by atoms with E-state index in [1.807, 2.05) is 30.0 Å². The summed E-state index contributed by atoms with van der Waals surface area (Å²) in [6, 6.07) is 5.67. The Labute approximate surface area is 142 Å². The lowest BCUT2D eigenvalue weighted by atomic mass is 10.2. The Morgan fingerprint density at radius 3 is 2.88 bits per heavy atom. The number of hydrogen-bond donors (Lipinski definition) is 1. The van der Waals surface area contributed by atoms with Crippen molar-refractivity contribution in [3.05, 3.63) is 42.4 Å². The van der Waals surface area contributed by atoms with Crippen molar-refractivity contribution in [2.24, 2.45) is 0 Å². The molecular formula is C16H21N5O2S. The van der Waals surface area contributed by atoms with Gasteiger partial charge in [0.25, 0.3) is 0 Å². The van der Waals surface area contributed by atoms with Gasteiger partial charge in [-0.2, -0.15) is 4.98 Å². The molecule has 3 heterocycles. The van der Waals surface area contributed by atoms with Gasteiger partial charge in [-0.05, 0) is 31.0 Å². The van der Waals surface area contributed by atoms with Gasteiger partial charge in [-0.1, -0.05) is 6.07 Å². The van der Waals surface area contributed by atoms with Gasteiger partial charge >= 0.3 is 0 Å². The smallest absolute Gasteiger partial charge is 0.224 e. The number of hydrogen-bond acceptors (Lipinski definition) is 7. The van der Waals surface area contributed by atoms with E-state index < -0.39 is 9.84 Å². The molecule has 1 unspecified atom stereocenters. The predicted octanol–water partition coefficient (Wildman–Crippen LogP) is 1.50. The summed E-state index contributed by atoms with van der Waals surface area (Å²) in [6.07, 6.45) is 5.87. The molecular weight excluding hydrogens is 326 g/mol. The van der Waals surface area contributed by atoms with Crippen LogP contribution in [0.5, 0.6) is 0 Å². The average molecular weight is 347 g/mol. The summed E-state index contributed by atoms with van der Waals surface area (Å²) in [4.78, 5) is 14.9. The van der Waals surface area contributed by atoms with Gasteiger partial charge in [0.15, 0.2) is 9.84 Å². The van der Waals surface area contributed by atoms with Gasteiger partial charge < -0.3 is 10.2 Å². The second-order valence-corrected chi connectivity index (χ2v) is 8.02. The summed E-state index contributed by atoms with van der Waals surface area (Å²) in [6.45, 7) is 3.30. The number of pyridine rings is 1. The first kappa shape index (κ1) is 16.6. The van der Waals surface area contributed by atoms with Crippen LogP contribution in [-0.2, 0) is 16.4 Å². The molecule has 0 bridgehead atoms. The van der Waals surface area contributed by atoms with Crippen molar-refractivity contribution in [3.63, 3.8) is 0 Å². The lowest BCUT2D eigenvalue weighted by molar-refractivity contribution is 0.599. The molecule has 0 spiro atoms. The van der Waals surface area contributed by atoms with Gasteiger partial charge in [-0.15, -0.1) is 0 Å². The maximum Gasteiger partial charge on any atom is 0.224 e. The standard InChI is InChI=1S/C16H21N5O2S/c1-2-21(14-6-9-24(22,23)12-14)15-5-8-18-16(20-15)19-11-13-4-3-7-17-10-13/h3-5,7-8,10,14H,2,6,9,11-12H2,1H3,(H,18,19,20). The Bertz CT molecular complexity index is 782. The van der Waals surface area contributed by atoms with Crippen LogP contribution in [0.15, 0.2) is 36.8 Å². The fourth-order valence-electron chi connectivity index (χ4n) is 2.91. The first-order valence-corrected chi connectivity index (χ1v) is 9.82. The fourth-order valence-corrected chi connectivity index (χ4v) is 4.64. The topological polar surface area (TPSA) is 88.1 Å². The zero-order valence-corrected chi connectivity index (χ0v) is 14.4. The van der Waals surface area contributed by atoms with E-state index in [0.29, 0.717) is 25.5 Å². The highest BCUT2D eigenvalue weighted by molar-refractivity contribution is 7.91. The molecule has 3 rings (SSSR count). The third-order valence-electron chi connectivity index (χ3n) is 4.10. The number of nitrogens with one attached hydrogen (secondary N) is 1. The van der Waals surface area contributed by atoms with Gasteiger partial charge in [0, 0.05) is 37.7 Å². The van der Waals surface area contributed by atoms with Crippen LogP contribution in [0.3, 0.4) is 0 Å². The largest absolute Gasteiger partial charge is 0.353 e. The Kier molecular flexibility index (Phi) is 4.94. The molecule has 0 amide bonds. The minimum absolute atomic E-state index is 0.0129. The number of nitrogens with zero attached hydrogens (tertiary/aromatic N) is 4. The van der Waals surface area contributed by atoms with Crippen molar-refractivity contribution >= 4 is 21.6 Å². The lowest BCUT2D eigenvalue weighted by Crippen LogP contribution is -2.36. The molecule has 0 radical (unpaired) electrons. The van der Waals surface area contributed by atoms with E-state index in [2.05, 4.69) is 20.3 Å². The highest BCUT2D eigenvalue weighted by Crippen LogP contribution is 2.23. The van der Waals surface area contributed by atoms with E-state index in [9.17, 15) is 8.42 Å². The van der Waals surface area contributed by atoms with E-state index in [1.54, 1.807) is 18.6 Å². The van der Waals surface area contributed by atoms with Gasteiger partial charge in [0.1, 0.15) is 5.82 Å². The van der Waals surface area contributed by atoms with Crippen molar-refractivity contribution in [1.29, 1.82) is 0 Å². The lowest BCUT2D eigenvalue weighted by Gasteiger charge is -2.28. The molecule has 1 atom stereocenters. The molecule has 0 saturated carbocycles. The molecule has 8 heteroatoms. The third kappa shape index (κ3) is 4.00. The van der Waals surface area contributed by atoms with Crippen LogP contribution in [0.2, 0.25) is 0 Å². The first-order valence-electron chi connectivity index (χ1n) is 8.00. The van der Waals surface area contributed by atoms with E-state index in [4.69, 9.17) is 0 Å². The maximum absolute atomic E-state index is 11.7. The van der Waals surface area contributed by atoms with Crippen LogP contribution in [-0.4, -0.2) is 47.5 Å². The fraction of sp³-hybridized carbons (Fsp3) is 0.438. The second kappa shape index (κ2) is 7.12. The van der Waals surface area contributed by atoms with Crippen molar-refractivity contribution < 1.29 is 8.42 Å². The molecule has 0 aromatic carbocycles. The van der Waals surface area contributed by atoms with Crippen LogP contribution in [0, 0.1) is 0 Å². The SMILES string of the molecule is CCN(c1ccnc(NCc2cccnc2)n1)C1CCS(=O)(=O)C1. The molecule has 128 valence electrons. The predicted molar refractivity (Wildman–Crippen MR) is 93.7 cm³/mol. The molecule has 2 aromatic rings. The number of anilines is 2. The zero-order chi connectivity index (χ0) is 17.0. The number of sulfone groups is 1. The van der Waals surface area contributed by atoms with Crippen molar-refractivity contribution in [2.45, 2.75) is 25.9 Å². The quantitative estimate of drug-likeness (QED) is 0.847. The van der Waals surface area contributed by atoms with Gasteiger partial charge in [0.2, 0.25) is 5.95 Å². The van der Waals surface area contributed by atoms with Gasteiger partial charge in [0.05, 0.1) is 11.5 Å². The Morgan fingerprint density at radius 2 is 2.21 bits per heavy atom. The molecule has 1 aliphatic rings. The minimum atomic E-state index is -2.92. The van der Waals surface area contributed by atoms with Crippen LogP contribution >= 0.6 is 0 Å². The van der Waals surface area contributed by atoms with Crippen molar-refractivity contribution in [3.8, 4) is 0 Å². The second-order valence-electron chi connectivity index (χ2n) is 5.80. The van der Waals surface area contributed by atoms with Gasteiger partial charge in [-0.3, -0.25) is 4.98 Å². The summed E-state index contributed by atoms with van der Waals surface area (Å²) in [5, 5.41) is 3.18. The number of aromatic nitrogens is 3. The van der Waals surface area contributed by atoms with E-state index in [0.717, 1.165) is 11.4 Å². The molecule has 1 saturated heterocycles. The molecule has 1 aliphatic heterocycles. The summed E-state index contributed by atoms with van der Waals surface area (Å²) in [5.41, 5.74) is 1.04. The summed E-state index contributed by atoms with van der Waals surface area (Å²) >= 11 is 0. The minimum Gasteiger partial charge on any atom is -0.353 e. The molecule has 1 fully saturated rings. The molecule has 0 aliphatic carbocycles. The Morgan fingerprint density at radius 1 is 1.33 bits per heavy atom. The highest BCUT2D eigenvalue weighted by atomic mass is 32.2. The molecule has 1 N–H and O–H groups in total. The van der Waals surface area contributed by atoms with Crippen molar-refractivity contribution in [2.75, 3.05) is 28.3 Å². The normalized spacial score (nSPS) is 19.1. The van der Waals surface area contributed by atoms with Crippen LogP contribution < -0.4 is 10.2 Å². The van der Waals surface area contributed by atoms with E-state index in [1.165, 1.54) is 0 Å². The molecule has 2 aromatic heterocycles. The van der Waals surface area contributed by atoms with Crippen LogP contribution in [0.4, 0.5) is 11.8 Å². The molecule has 7 nitrogen and oxygen atoms in total. The summed E-state index contributed by atoms with van der Waals surface area (Å²) < 4.78 is 23.5. The Hall–Kier alpha value is -2.22. The third-order valence-corrected chi connectivity index (χ3v) is 5.85.